The zero-order valence-corrected chi connectivity index (χ0v) is 53.7. The zero-order valence-electron chi connectivity index (χ0n) is 52.1. The van der Waals surface area contributed by atoms with Crippen LogP contribution in [-0.4, -0.2) is 227 Å². The number of aromatic nitrogens is 2. The topological polar surface area (TPSA) is 156 Å². The van der Waals surface area contributed by atoms with E-state index in [1.54, 1.807) is 12.4 Å². The van der Waals surface area contributed by atoms with Gasteiger partial charge in [0, 0.05) is 166 Å². The summed E-state index contributed by atoms with van der Waals surface area (Å²) in [7, 11) is -4.89. The smallest absolute Gasteiger partial charge is 0.370 e. The molecule has 17 nitrogen and oxygen atoms in total. The molecule has 2 aromatic heterocycles. The first kappa shape index (κ1) is 68.4. The highest BCUT2D eigenvalue weighted by atomic mass is 32.2. The van der Waals surface area contributed by atoms with Crippen molar-refractivity contribution in [2.75, 3.05) is 132 Å². The van der Waals surface area contributed by atoms with Crippen LogP contribution in [0.3, 0.4) is 0 Å². The van der Waals surface area contributed by atoms with Crippen LogP contribution in [0.1, 0.15) is 112 Å². The second-order valence-electron chi connectivity index (χ2n) is 25.7. The molecule has 6 saturated heterocycles. The van der Waals surface area contributed by atoms with E-state index in [0.717, 1.165) is 114 Å². The van der Waals surface area contributed by atoms with Crippen LogP contribution in [0.15, 0.2) is 107 Å². The summed E-state index contributed by atoms with van der Waals surface area (Å²) < 4.78 is 162. The average Bonchev–Trinajstić information content (AvgIpc) is 0.802. The van der Waals surface area contributed by atoms with Crippen LogP contribution < -0.4 is 0 Å². The summed E-state index contributed by atoms with van der Waals surface area (Å²) in [6, 6.07) is 11.6. The number of hydrogen-bond donors (Lipinski definition) is 0. The second kappa shape index (κ2) is 29.8. The van der Waals surface area contributed by atoms with Crippen molar-refractivity contribution in [3.8, 4) is 0 Å². The van der Waals surface area contributed by atoms with E-state index in [-0.39, 0.29) is 31.7 Å². The van der Waals surface area contributed by atoms with Crippen molar-refractivity contribution in [1.82, 2.24) is 48.0 Å². The molecule has 0 aliphatic carbocycles. The van der Waals surface area contributed by atoms with E-state index in [1.165, 1.54) is 20.7 Å². The molecule has 496 valence electrons. The molecule has 6 aliphatic rings. The maximum Gasteiger partial charge on any atom is 0.416 e. The Morgan fingerprint density at radius 3 is 1.28 bits per heavy atom. The summed E-state index contributed by atoms with van der Waals surface area (Å²) in [5, 5.41) is 0. The second-order valence-corrected chi connectivity index (χ2v) is 29.5. The number of benzene rings is 2. The van der Waals surface area contributed by atoms with Crippen LogP contribution in [0.4, 0.5) is 26.3 Å². The Morgan fingerprint density at radius 1 is 0.533 bits per heavy atom. The highest BCUT2D eigenvalue weighted by Crippen LogP contribution is 2.43. The highest BCUT2D eigenvalue weighted by molar-refractivity contribution is 7.89. The van der Waals surface area contributed by atoms with E-state index < -0.39 is 88.7 Å². The van der Waals surface area contributed by atoms with Crippen LogP contribution >= 0.6 is 0 Å². The van der Waals surface area contributed by atoms with E-state index in [2.05, 4.69) is 53.5 Å². The van der Waals surface area contributed by atoms with Crippen molar-refractivity contribution in [1.29, 1.82) is 0 Å². The number of likely N-dealkylation sites (N-methyl/N-ethyl adjacent to an activating group) is 2. The number of nitrogens with zero attached hydrogens (tertiary/aromatic N) is 10. The van der Waals surface area contributed by atoms with Crippen LogP contribution in [0.2, 0.25) is 0 Å². The molecule has 0 spiro atoms. The largest absolute Gasteiger partial charge is 0.416 e. The van der Waals surface area contributed by atoms with Gasteiger partial charge < -0.3 is 29.1 Å². The number of halogens is 6. The fourth-order valence-corrected chi connectivity index (χ4v) is 18.1. The zero-order chi connectivity index (χ0) is 63.7. The maximum absolute atomic E-state index is 16.8. The fraction of sp³-hybridized carbons (Fsp3) is 0.646. The van der Waals surface area contributed by atoms with Gasteiger partial charge in [-0.05, 0) is 140 Å². The van der Waals surface area contributed by atoms with Crippen LogP contribution in [0.5, 0.6) is 0 Å². The quantitative estimate of drug-likeness (QED) is 0.0485. The molecule has 4 aromatic rings. The number of Topliss-reactive ketones (excluding diaryl/α,β-unsaturated/α-hetero) is 1. The molecule has 8 heterocycles. The van der Waals surface area contributed by atoms with Crippen LogP contribution in [-0.2, 0) is 57.9 Å². The first-order chi connectivity index (χ1) is 43.0. The number of ether oxygens (including phenoxy) is 2. The van der Waals surface area contributed by atoms with Gasteiger partial charge >= 0.3 is 12.4 Å². The predicted molar refractivity (Wildman–Crippen MR) is 330 cm³/mol. The first-order valence-corrected chi connectivity index (χ1v) is 35.2. The molecule has 0 N–H and O–H groups in total. The van der Waals surface area contributed by atoms with Crippen molar-refractivity contribution >= 4 is 25.8 Å². The van der Waals surface area contributed by atoms with Crippen LogP contribution in [0.25, 0.3) is 0 Å². The van der Waals surface area contributed by atoms with E-state index in [1.807, 2.05) is 36.7 Å². The number of sulfonamides is 2. The minimum Gasteiger partial charge on any atom is -0.370 e. The van der Waals surface area contributed by atoms with E-state index in [4.69, 9.17) is 9.47 Å². The monoisotopic (exact) mass is 1300 g/mol. The van der Waals surface area contributed by atoms with Gasteiger partial charge in [-0.2, -0.15) is 35.0 Å². The van der Waals surface area contributed by atoms with Gasteiger partial charge in [0.15, 0.2) is 5.78 Å². The molecule has 6 aliphatic heterocycles. The summed E-state index contributed by atoms with van der Waals surface area (Å²) in [6.07, 6.45) is 3.46. The van der Waals surface area contributed by atoms with Gasteiger partial charge in [-0.25, -0.2) is 16.8 Å². The maximum atomic E-state index is 16.8. The van der Waals surface area contributed by atoms with Crippen molar-refractivity contribution in [3.63, 3.8) is 0 Å². The predicted octanol–water partition coefficient (Wildman–Crippen LogP) is 8.68. The van der Waals surface area contributed by atoms with Gasteiger partial charge in [-0.15, -0.1) is 0 Å². The van der Waals surface area contributed by atoms with Gasteiger partial charge in [-0.1, -0.05) is 37.1 Å². The van der Waals surface area contributed by atoms with Crippen molar-refractivity contribution in [2.24, 2.45) is 0 Å². The number of alkyl halides is 6. The summed E-state index contributed by atoms with van der Waals surface area (Å²) >= 11 is 0. The van der Waals surface area contributed by atoms with Crippen LogP contribution in [0, 0.1) is 0 Å². The molecule has 2 aromatic carbocycles. The molecule has 10 rings (SSSR count). The number of piperazine rings is 2. The fourth-order valence-electron chi connectivity index (χ4n) is 14.6. The molecule has 25 heteroatoms. The molecular formula is C65H90F6N10O7S2. The Labute approximate surface area is 528 Å². The third kappa shape index (κ3) is 16.5. The number of pyridine rings is 2. The number of hydrogen-bond acceptors (Lipinski definition) is 15. The molecule has 4 atom stereocenters. The first-order valence-electron chi connectivity index (χ1n) is 32.4. The third-order valence-corrected chi connectivity index (χ3v) is 23.9. The summed E-state index contributed by atoms with van der Waals surface area (Å²) in [5.74, 6) is -0.261. The summed E-state index contributed by atoms with van der Waals surface area (Å²) in [5.41, 5.74) is -2.01. The van der Waals surface area contributed by atoms with Crippen molar-refractivity contribution in [2.45, 2.75) is 147 Å². The standard InChI is InChI=1S/C65H90F6N10O7S2/c1-74-35-39-76(40-36-74)27-11-43-87-62(53-15-9-25-72-49-53)21-31-78(32-22-62)59(47-55-17-3-5-29-80(55)89(83,84)57-19-7-13-51(45-57)64(66,67)68)61(82)60(48-56-18-4-6-30-81(56)90(85,86)58-20-8-14-52(46-58)65(69,70)71)79-33-23-63(24-34-79,54-16-10-26-73-50-54)88-44-12-28-77-41-37-75(2)38-42-77/h7-10,13-16,19-20,25-26,45-46,49-50,55-56,59-60H,3-6,11-12,17-18,21-24,27-44,47-48H2,1-2H3. The number of likely N-dealkylation sites (tertiary alicyclic amines) is 2. The third-order valence-electron chi connectivity index (χ3n) is 20.0. The lowest BCUT2D eigenvalue weighted by Crippen LogP contribution is -2.60. The number of rotatable bonds is 24. The Morgan fingerprint density at radius 2 is 0.922 bits per heavy atom. The number of carbonyl (C=O) groups excluding carboxylic acids is 1. The molecule has 0 radical (unpaired) electrons. The van der Waals surface area contributed by atoms with Crippen molar-refractivity contribution < 1.29 is 57.4 Å². The number of ketones is 1. The van der Waals surface area contributed by atoms with E-state index in [9.17, 15) is 43.2 Å². The molecule has 0 amide bonds. The molecule has 6 fully saturated rings. The summed E-state index contributed by atoms with van der Waals surface area (Å²) in [6.45, 7) is 11.8. The number of carbonyl (C=O) groups is 1. The average molecular weight is 1300 g/mol. The molecular weight excluding hydrogens is 1210 g/mol. The SMILES string of the molecule is CN1CCN(CCCOC2(c3cccnc3)CCN(C(CC3CCCCN3S(=O)(=O)c3cccc(C(F)(F)F)c3)C(=O)C(CC3CCCCN3S(=O)(=O)c3cccc(C(F)(F)F)c3)N3CCC(OCCCN4CCN(C)CC4)(c4cccnc4)CC3)CC2)CC1. The molecule has 4 unspecified atom stereocenters. The Bertz CT molecular complexity index is 2970. The Balaban J connectivity index is 0.999. The normalized spacial score (nSPS) is 23.8. The molecule has 0 saturated carbocycles. The Hall–Kier alpha value is -4.51. The van der Waals surface area contributed by atoms with Crippen molar-refractivity contribution in [3.05, 3.63) is 120 Å². The van der Waals surface area contributed by atoms with Gasteiger partial charge in [0.25, 0.3) is 0 Å². The lowest BCUT2D eigenvalue weighted by atomic mass is 9.81. The lowest BCUT2D eigenvalue weighted by Gasteiger charge is -2.49. The molecule has 90 heavy (non-hydrogen) atoms. The van der Waals surface area contributed by atoms with Gasteiger partial charge in [-0.3, -0.25) is 24.6 Å². The Kier molecular flexibility index (Phi) is 22.7. The van der Waals surface area contributed by atoms with Gasteiger partial charge in [0.2, 0.25) is 20.0 Å². The minimum absolute atomic E-state index is 0.0138. The number of piperidine rings is 4. The van der Waals surface area contributed by atoms with Gasteiger partial charge in [0.1, 0.15) is 0 Å². The van der Waals surface area contributed by atoms with Gasteiger partial charge in [0.05, 0.1) is 44.2 Å². The lowest BCUT2D eigenvalue weighted by molar-refractivity contribution is -0.140. The van der Waals surface area contributed by atoms with E-state index >= 15 is 4.79 Å². The molecule has 0 bridgehead atoms. The van der Waals surface area contributed by atoms with E-state index in [0.29, 0.717) is 116 Å². The highest BCUT2D eigenvalue weighted by Gasteiger charge is 2.49. The summed E-state index contributed by atoms with van der Waals surface area (Å²) in [4.78, 5) is 38.5. The minimum atomic E-state index is -4.81.